The number of thiophene rings is 1. The van der Waals surface area contributed by atoms with Crippen LogP contribution < -0.4 is 10.6 Å². The summed E-state index contributed by atoms with van der Waals surface area (Å²) in [5.41, 5.74) is -0.415. The molecule has 1 fully saturated rings. The summed E-state index contributed by atoms with van der Waals surface area (Å²) in [7, 11) is -1.55. The first-order chi connectivity index (χ1) is 11.6. The highest BCUT2D eigenvalue weighted by atomic mass is 32.2. The van der Waals surface area contributed by atoms with Crippen molar-refractivity contribution in [1.29, 1.82) is 0 Å². The molecule has 0 spiro atoms. The molecule has 1 aromatic heterocycles. The first-order valence-corrected chi connectivity index (χ1v) is 10.9. The largest absolute Gasteiger partial charge is 0.355 e. The number of nitrogens with zero attached hydrogens (tertiary/aromatic N) is 1. The summed E-state index contributed by atoms with van der Waals surface area (Å²) in [6.07, 6.45) is 2.52. The van der Waals surface area contributed by atoms with E-state index in [0.29, 0.717) is 30.3 Å². The van der Waals surface area contributed by atoms with Gasteiger partial charge in [-0.25, -0.2) is 8.42 Å². The predicted molar refractivity (Wildman–Crippen MR) is 101 cm³/mol. The van der Waals surface area contributed by atoms with E-state index in [0.717, 1.165) is 17.7 Å². The van der Waals surface area contributed by atoms with Crippen LogP contribution in [-0.2, 0) is 21.2 Å². The van der Waals surface area contributed by atoms with Gasteiger partial charge in [0.25, 0.3) is 10.0 Å². The SMILES string of the molecule is CNC1CCCN(S(=O)(=O)c2ccc(CCNC(=O)C(C)(C)C)s2)C1. The first kappa shape index (κ1) is 20.4. The van der Waals surface area contributed by atoms with E-state index < -0.39 is 15.4 Å². The molecule has 0 saturated carbocycles. The molecule has 2 heterocycles. The summed E-state index contributed by atoms with van der Waals surface area (Å²) in [5.74, 6) is 0.00308. The minimum absolute atomic E-state index is 0.00308. The van der Waals surface area contributed by atoms with E-state index in [1.165, 1.54) is 11.3 Å². The minimum Gasteiger partial charge on any atom is -0.355 e. The van der Waals surface area contributed by atoms with E-state index in [1.807, 2.05) is 33.9 Å². The Bertz CT molecular complexity index is 692. The zero-order chi connectivity index (χ0) is 18.7. The third-order valence-corrected chi connectivity index (χ3v) is 7.84. The Kier molecular flexibility index (Phi) is 6.64. The van der Waals surface area contributed by atoms with Crippen molar-refractivity contribution in [1.82, 2.24) is 14.9 Å². The van der Waals surface area contributed by atoms with Gasteiger partial charge in [-0.3, -0.25) is 4.79 Å². The van der Waals surface area contributed by atoms with Gasteiger partial charge >= 0.3 is 0 Å². The molecule has 2 rings (SSSR count). The number of likely N-dealkylation sites (N-methyl/N-ethyl adjacent to an activating group) is 1. The lowest BCUT2D eigenvalue weighted by Gasteiger charge is -2.31. The number of carbonyl (C=O) groups excluding carboxylic acids is 1. The van der Waals surface area contributed by atoms with Crippen LogP contribution in [0, 0.1) is 5.41 Å². The lowest BCUT2D eigenvalue weighted by Crippen LogP contribution is -2.46. The van der Waals surface area contributed by atoms with Gasteiger partial charge in [0.15, 0.2) is 0 Å². The number of piperidine rings is 1. The van der Waals surface area contributed by atoms with Crippen LogP contribution in [0.1, 0.15) is 38.5 Å². The van der Waals surface area contributed by atoms with Gasteiger partial charge in [0.05, 0.1) is 0 Å². The van der Waals surface area contributed by atoms with Gasteiger partial charge in [-0.1, -0.05) is 20.8 Å². The fraction of sp³-hybridized carbons (Fsp3) is 0.706. The molecule has 1 atom stereocenters. The van der Waals surface area contributed by atoms with E-state index in [9.17, 15) is 13.2 Å². The molecule has 1 aromatic rings. The number of nitrogens with one attached hydrogen (secondary N) is 2. The third kappa shape index (κ3) is 5.26. The van der Waals surface area contributed by atoms with Gasteiger partial charge in [0, 0.05) is 36.0 Å². The van der Waals surface area contributed by atoms with E-state index in [1.54, 1.807) is 10.4 Å². The second-order valence-corrected chi connectivity index (χ2v) is 10.8. The van der Waals surface area contributed by atoms with Crippen LogP contribution in [0.25, 0.3) is 0 Å². The molecule has 142 valence electrons. The fourth-order valence-electron chi connectivity index (χ4n) is 2.72. The molecule has 1 saturated heterocycles. The maximum atomic E-state index is 12.8. The summed E-state index contributed by atoms with van der Waals surface area (Å²) >= 11 is 1.30. The number of sulfonamides is 1. The molecule has 0 aliphatic carbocycles. The Morgan fingerprint density at radius 3 is 2.72 bits per heavy atom. The van der Waals surface area contributed by atoms with Crippen molar-refractivity contribution >= 4 is 27.3 Å². The molecular weight excluding hydrogens is 358 g/mol. The van der Waals surface area contributed by atoms with Crippen molar-refractivity contribution in [2.45, 2.75) is 50.3 Å². The smallest absolute Gasteiger partial charge is 0.252 e. The van der Waals surface area contributed by atoms with Crippen molar-refractivity contribution in [2.75, 3.05) is 26.7 Å². The average Bonchev–Trinajstić information content (AvgIpc) is 3.03. The third-order valence-electron chi connectivity index (χ3n) is 4.36. The maximum absolute atomic E-state index is 12.8. The maximum Gasteiger partial charge on any atom is 0.252 e. The highest BCUT2D eigenvalue weighted by molar-refractivity contribution is 7.91. The highest BCUT2D eigenvalue weighted by Gasteiger charge is 2.30. The van der Waals surface area contributed by atoms with Crippen LogP contribution >= 0.6 is 11.3 Å². The van der Waals surface area contributed by atoms with Crippen LogP contribution in [0.3, 0.4) is 0 Å². The van der Waals surface area contributed by atoms with E-state index in [2.05, 4.69) is 10.6 Å². The quantitative estimate of drug-likeness (QED) is 0.780. The zero-order valence-corrected chi connectivity index (χ0v) is 17.1. The highest BCUT2D eigenvalue weighted by Crippen LogP contribution is 2.27. The molecule has 1 aliphatic rings. The Labute approximate surface area is 155 Å². The molecule has 0 radical (unpaired) electrons. The first-order valence-electron chi connectivity index (χ1n) is 8.69. The van der Waals surface area contributed by atoms with Crippen LogP contribution in [0.15, 0.2) is 16.3 Å². The molecule has 1 unspecified atom stereocenters. The molecule has 1 aliphatic heterocycles. The average molecular weight is 388 g/mol. The van der Waals surface area contributed by atoms with Gasteiger partial charge in [-0.05, 0) is 38.4 Å². The van der Waals surface area contributed by atoms with E-state index >= 15 is 0 Å². The van der Waals surface area contributed by atoms with Crippen molar-refractivity contribution in [3.05, 3.63) is 17.0 Å². The summed E-state index contributed by atoms with van der Waals surface area (Å²) < 4.78 is 27.6. The number of rotatable bonds is 6. The summed E-state index contributed by atoms with van der Waals surface area (Å²) in [5, 5.41) is 6.07. The molecular formula is C17H29N3O3S2. The molecule has 25 heavy (non-hydrogen) atoms. The summed E-state index contributed by atoms with van der Waals surface area (Å²) in [6.45, 7) is 7.23. The second-order valence-electron chi connectivity index (χ2n) is 7.47. The summed E-state index contributed by atoms with van der Waals surface area (Å²) in [6, 6.07) is 3.75. The van der Waals surface area contributed by atoms with Crippen molar-refractivity contribution < 1.29 is 13.2 Å². The van der Waals surface area contributed by atoms with Gasteiger partial charge in [-0.15, -0.1) is 11.3 Å². The fourth-order valence-corrected chi connectivity index (χ4v) is 5.75. The van der Waals surface area contributed by atoms with Crippen LogP contribution in [0.2, 0.25) is 0 Å². The normalized spacial score (nSPS) is 19.8. The molecule has 0 bridgehead atoms. The van der Waals surface area contributed by atoms with Gasteiger partial charge < -0.3 is 10.6 Å². The van der Waals surface area contributed by atoms with Crippen LogP contribution in [0.4, 0.5) is 0 Å². The van der Waals surface area contributed by atoms with Crippen LogP contribution in [0.5, 0.6) is 0 Å². The molecule has 6 nitrogen and oxygen atoms in total. The van der Waals surface area contributed by atoms with E-state index in [-0.39, 0.29) is 11.9 Å². The van der Waals surface area contributed by atoms with Gasteiger partial charge in [0.1, 0.15) is 4.21 Å². The molecule has 2 N–H and O–H groups in total. The Morgan fingerprint density at radius 2 is 2.08 bits per heavy atom. The number of amides is 1. The Balaban J connectivity index is 1.96. The molecule has 8 heteroatoms. The summed E-state index contributed by atoms with van der Waals surface area (Å²) in [4.78, 5) is 12.8. The van der Waals surface area contributed by atoms with Gasteiger partial charge in [0.2, 0.25) is 5.91 Å². The van der Waals surface area contributed by atoms with Crippen LogP contribution in [-0.4, -0.2) is 51.4 Å². The van der Waals surface area contributed by atoms with Gasteiger partial charge in [-0.2, -0.15) is 4.31 Å². The topological polar surface area (TPSA) is 78.5 Å². The van der Waals surface area contributed by atoms with E-state index in [4.69, 9.17) is 0 Å². The minimum atomic E-state index is -3.42. The lowest BCUT2D eigenvalue weighted by molar-refractivity contribution is -0.128. The van der Waals surface area contributed by atoms with Crippen molar-refractivity contribution in [2.24, 2.45) is 5.41 Å². The second kappa shape index (κ2) is 8.16. The standard InChI is InChI=1S/C17H29N3O3S2/c1-17(2,3)16(21)19-10-9-14-7-8-15(24-14)25(22,23)20-11-5-6-13(12-20)18-4/h7-8,13,18H,5-6,9-12H2,1-4H3,(H,19,21). The van der Waals surface area contributed by atoms with Crippen molar-refractivity contribution in [3.8, 4) is 0 Å². The molecule has 0 aromatic carbocycles. The van der Waals surface area contributed by atoms with Crippen molar-refractivity contribution in [3.63, 3.8) is 0 Å². The predicted octanol–water partition coefficient (Wildman–Crippen LogP) is 1.83. The number of hydrogen-bond donors (Lipinski definition) is 2. The Morgan fingerprint density at radius 1 is 1.36 bits per heavy atom. The number of carbonyl (C=O) groups is 1. The monoisotopic (exact) mass is 387 g/mol. The molecule has 1 amide bonds. The lowest BCUT2D eigenvalue weighted by atomic mass is 9.96. The zero-order valence-electron chi connectivity index (χ0n) is 15.5. The number of hydrogen-bond acceptors (Lipinski definition) is 5. The Hall–Kier alpha value is -0.960.